The zero-order chi connectivity index (χ0) is 29.5. The largest absolute Gasteiger partial charge is 0.309 e. The fraction of sp³-hybridized carbons (Fsp3) is 0.421. The van der Waals surface area contributed by atoms with Gasteiger partial charge in [-0.2, -0.15) is 0 Å². The molecule has 0 spiro atoms. The minimum absolute atomic E-state index is 0.295. The number of benzene rings is 3. The van der Waals surface area contributed by atoms with E-state index in [2.05, 4.69) is 112 Å². The molecule has 0 unspecified atom stereocenters. The summed E-state index contributed by atoms with van der Waals surface area (Å²) in [6, 6.07) is 28.1. The molecule has 3 aromatic carbocycles. The molecule has 0 fully saturated rings. The maximum atomic E-state index is 3.84. The molecule has 3 aromatic rings. The molecule has 0 saturated heterocycles. The Kier molecular flexibility index (Phi) is 14.5. The van der Waals surface area contributed by atoms with Crippen molar-refractivity contribution in [3.05, 3.63) is 125 Å². The van der Waals surface area contributed by atoms with Crippen LogP contribution in [0.25, 0.3) is 0 Å². The molecule has 1 atom stereocenters. The third kappa shape index (κ3) is 11.3. The molecular weight excluding hydrogens is 516 g/mol. The molecule has 3 heteroatoms. The predicted octanol–water partition coefficient (Wildman–Crippen LogP) is 10.7. The van der Waals surface area contributed by atoms with Gasteiger partial charge in [0.25, 0.3) is 0 Å². The van der Waals surface area contributed by atoms with Crippen LogP contribution in [0.4, 0.5) is 0 Å². The van der Waals surface area contributed by atoms with E-state index < -0.39 is 0 Å². The van der Waals surface area contributed by atoms with Gasteiger partial charge >= 0.3 is 0 Å². The molecule has 4 rings (SSSR count). The summed E-state index contributed by atoms with van der Waals surface area (Å²) < 4.78 is 3.76. The van der Waals surface area contributed by atoms with E-state index in [0.717, 1.165) is 25.9 Å². The molecule has 0 amide bonds. The topological polar surface area (TPSA) is 24.1 Å². The lowest BCUT2D eigenvalue weighted by molar-refractivity contribution is 0.519. The quantitative estimate of drug-likeness (QED) is 0.122. The monoisotopic (exact) mass is 568 g/mol. The summed E-state index contributed by atoms with van der Waals surface area (Å²) in [5, 5.41) is 3.84. The van der Waals surface area contributed by atoms with E-state index in [1.165, 1.54) is 40.0 Å². The lowest BCUT2D eigenvalue weighted by Gasteiger charge is -2.24. The highest BCUT2D eigenvalue weighted by atomic mass is 32.2. The van der Waals surface area contributed by atoms with Gasteiger partial charge < -0.3 is 5.32 Å². The second kappa shape index (κ2) is 18.1. The molecule has 0 bridgehead atoms. The summed E-state index contributed by atoms with van der Waals surface area (Å²) in [6.45, 7) is 15.8. The van der Waals surface area contributed by atoms with Crippen LogP contribution in [-0.2, 0) is 0 Å². The third-order valence-corrected chi connectivity index (χ3v) is 8.55. The maximum Gasteiger partial charge on any atom is 0.0456 e. The van der Waals surface area contributed by atoms with E-state index in [1.807, 2.05) is 48.3 Å². The van der Waals surface area contributed by atoms with Crippen LogP contribution in [0, 0.1) is 0 Å². The Labute approximate surface area is 255 Å². The van der Waals surface area contributed by atoms with Gasteiger partial charge in [0.2, 0.25) is 0 Å². The smallest absolute Gasteiger partial charge is 0.0456 e. The lowest BCUT2D eigenvalue weighted by atomic mass is 9.89. The first-order chi connectivity index (χ1) is 19.9. The van der Waals surface area contributed by atoms with Crippen molar-refractivity contribution < 1.29 is 0 Å². The van der Waals surface area contributed by atoms with Crippen molar-refractivity contribution in [1.29, 1.82) is 0 Å². The lowest BCUT2D eigenvalue weighted by Crippen LogP contribution is -2.30. The van der Waals surface area contributed by atoms with Crippen molar-refractivity contribution in [2.45, 2.75) is 95.9 Å². The van der Waals surface area contributed by atoms with Gasteiger partial charge in [-0.1, -0.05) is 144 Å². The molecule has 1 aliphatic carbocycles. The normalized spacial score (nSPS) is 13.7. The van der Waals surface area contributed by atoms with Crippen LogP contribution in [0.1, 0.15) is 113 Å². The summed E-state index contributed by atoms with van der Waals surface area (Å²) >= 11 is 1.83. The van der Waals surface area contributed by atoms with Crippen LogP contribution < -0.4 is 10.0 Å². The summed E-state index contributed by atoms with van der Waals surface area (Å²) in [6.07, 6.45) is 11.6. The van der Waals surface area contributed by atoms with Crippen molar-refractivity contribution in [2.24, 2.45) is 0 Å². The standard InChI is InChI=1S/C32H46N2S.C6H6/c1-23(2)28-20-29(24(3)4)32(30(21-28)25(5)6)35-34-22-31(27-17-11-8-12-18-27)33-19-13-16-26-14-9-7-10-15-26;1-2-4-6-5-3-1/h7-9,11-12,15,17-18,20-21,23-25,31,33-34H,10,13-14,16,19,22H2,1-6H3;1-6H/t31-;/m1./s1. The molecule has 2 nitrogen and oxygen atoms in total. The molecule has 0 heterocycles. The van der Waals surface area contributed by atoms with Gasteiger partial charge in [0.1, 0.15) is 0 Å². The highest BCUT2D eigenvalue weighted by Gasteiger charge is 2.19. The fourth-order valence-corrected chi connectivity index (χ4v) is 6.25. The second-order valence-corrected chi connectivity index (χ2v) is 12.8. The zero-order valence-electron chi connectivity index (χ0n) is 26.2. The highest BCUT2D eigenvalue weighted by Crippen LogP contribution is 2.37. The molecule has 41 heavy (non-hydrogen) atoms. The van der Waals surface area contributed by atoms with Crippen LogP contribution in [0.3, 0.4) is 0 Å². The van der Waals surface area contributed by atoms with E-state index in [1.54, 1.807) is 5.57 Å². The summed E-state index contributed by atoms with van der Waals surface area (Å²) in [5.74, 6) is 1.55. The molecule has 0 radical (unpaired) electrons. The average molecular weight is 569 g/mol. The van der Waals surface area contributed by atoms with Gasteiger partial charge in [-0.3, -0.25) is 4.72 Å². The Morgan fingerprint density at radius 2 is 1.29 bits per heavy atom. The van der Waals surface area contributed by atoms with E-state index in [-0.39, 0.29) is 0 Å². The molecule has 0 saturated carbocycles. The van der Waals surface area contributed by atoms with Crippen LogP contribution in [-0.4, -0.2) is 13.1 Å². The number of hydrogen-bond donors (Lipinski definition) is 2. The van der Waals surface area contributed by atoms with Gasteiger partial charge in [-0.25, -0.2) is 0 Å². The van der Waals surface area contributed by atoms with Crippen LogP contribution in [0.2, 0.25) is 0 Å². The first kappa shape index (κ1) is 32.9. The second-order valence-electron chi connectivity index (χ2n) is 11.9. The minimum atomic E-state index is 0.295. The third-order valence-electron chi connectivity index (χ3n) is 7.56. The van der Waals surface area contributed by atoms with Crippen molar-refractivity contribution in [2.75, 3.05) is 13.1 Å². The van der Waals surface area contributed by atoms with Crippen molar-refractivity contribution in [3.63, 3.8) is 0 Å². The molecule has 0 aliphatic heterocycles. The summed E-state index contributed by atoms with van der Waals surface area (Å²) in [4.78, 5) is 1.42. The number of nitrogens with one attached hydrogen (secondary N) is 2. The Hall–Kier alpha value is -2.59. The number of allylic oxidation sites excluding steroid dienone is 4. The molecule has 2 N–H and O–H groups in total. The molecule has 1 aliphatic rings. The SMILES string of the molecule is CC(C)c1cc(C(C)C)c(SNC[C@@H](NCCCC2=CCC=CC2)c2ccccc2)c(C(C)C)c1.c1ccccc1. The van der Waals surface area contributed by atoms with E-state index in [9.17, 15) is 0 Å². The molecular formula is C38H52N2S. The Balaban J connectivity index is 0.000000681. The summed E-state index contributed by atoms with van der Waals surface area (Å²) in [5.41, 5.74) is 7.33. The Morgan fingerprint density at radius 3 is 1.80 bits per heavy atom. The maximum absolute atomic E-state index is 3.84. The predicted molar refractivity (Wildman–Crippen MR) is 182 cm³/mol. The van der Waals surface area contributed by atoms with Gasteiger partial charge in [-0.05, 0) is 84.2 Å². The van der Waals surface area contributed by atoms with Crippen LogP contribution >= 0.6 is 11.9 Å². The highest BCUT2D eigenvalue weighted by molar-refractivity contribution is 7.97. The fourth-order valence-electron chi connectivity index (χ4n) is 5.03. The van der Waals surface area contributed by atoms with Crippen LogP contribution in [0.5, 0.6) is 0 Å². The van der Waals surface area contributed by atoms with Gasteiger partial charge in [0.15, 0.2) is 0 Å². The molecule has 0 aromatic heterocycles. The van der Waals surface area contributed by atoms with E-state index in [4.69, 9.17) is 0 Å². The Morgan fingerprint density at radius 1 is 0.707 bits per heavy atom. The van der Waals surface area contributed by atoms with Gasteiger partial charge in [0.05, 0.1) is 0 Å². The van der Waals surface area contributed by atoms with Crippen molar-refractivity contribution in [3.8, 4) is 0 Å². The van der Waals surface area contributed by atoms with Gasteiger partial charge in [0, 0.05) is 17.5 Å². The first-order valence-corrected chi connectivity index (χ1v) is 16.4. The van der Waals surface area contributed by atoms with Crippen LogP contribution in [0.15, 0.2) is 108 Å². The van der Waals surface area contributed by atoms with E-state index in [0.29, 0.717) is 23.8 Å². The van der Waals surface area contributed by atoms with E-state index >= 15 is 0 Å². The average Bonchev–Trinajstić information content (AvgIpc) is 3.00. The molecule has 220 valence electrons. The summed E-state index contributed by atoms with van der Waals surface area (Å²) in [7, 11) is 0. The Bertz CT molecular complexity index is 1140. The minimum Gasteiger partial charge on any atom is -0.309 e. The first-order valence-electron chi connectivity index (χ1n) is 15.6. The number of hydrogen-bond acceptors (Lipinski definition) is 3. The number of rotatable bonds is 13. The zero-order valence-corrected chi connectivity index (χ0v) is 27.0. The van der Waals surface area contributed by atoms with Crippen molar-refractivity contribution in [1.82, 2.24) is 10.0 Å². The van der Waals surface area contributed by atoms with Gasteiger partial charge in [-0.15, -0.1) is 0 Å². The van der Waals surface area contributed by atoms with Crippen molar-refractivity contribution >= 4 is 11.9 Å².